The van der Waals surface area contributed by atoms with Crippen molar-refractivity contribution in [3.05, 3.63) is 24.3 Å². The number of ether oxygens (including phenoxy) is 2. The number of carbonyl (C=O) groups excluding carboxylic acids is 1. The van der Waals surface area contributed by atoms with Crippen molar-refractivity contribution >= 4 is 11.6 Å². The van der Waals surface area contributed by atoms with E-state index in [1.807, 2.05) is 19.1 Å². The molecule has 0 aliphatic heterocycles. The van der Waals surface area contributed by atoms with Crippen molar-refractivity contribution in [2.45, 2.75) is 19.4 Å². The summed E-state index contributed by atoms with van der Waals surface area (Å²) in [7, 11) is 1.46. The van der Waals surface area contributed by atoms with Gasteiger partial charge in [0, 0.05) is 25.4 Å². The monoisotopic (exact) mass is 252 g/mol. The van der Waals surface area contributed by atoms with E-state index in [4.69, 9.17) is 15.2 Å². The highest BCUT2D eigenvalue weighted by molar-refractivity contribution is 5.94. The van der Waals surface area contributed by atoms with Gasteiger partial charge in [-0.3, -0.25) is 4.79 Å². The van der Waals surface area contributed by atoms with Gasteiger partial charge >= 0.3 is 0 Å². The van der Waals surface area contributed by atoms with Crippen LogP contribution in [0.5, 0.6) is 5.75 Å². The van der Waals surface area contributed by atoms with Gasteiger partial charge in [-0.25, -0.2) is 0 Å². The van der Waals surface area contributed by atoms with Crippen molar-refractivity contribution in [1.82, 2.24) is 0 Å². The molecule has 0 aromatic heterocycles. The summed E-state index contributed by atoms with van der Waals surface area (Å²) in [5.41, 5.74) is 6.09. The molecule has 0 spiro atoms. The van der Waals surface area contributed by atoms with Gasteiger partial charge in [0.05, 0.1) is 6.61 Å². The Morgan fingerprint density at radius 2 is 2.28 bits per heavy atom. The lowest BCUT2D eigenvalue weighted by Crippen LogP contribution is -2.35. The average molecular weight is 252 g/mol. The summed E-state index contributed by atoms with van der Waals surface area (Å²) in [6.45, 7) is 2.84. The minimum Gasteiger partial charge on any atom is -0.494 e. The van der Waals surface area contributed by atoms with Crippen molar-refractivity contribution in [2.24, 2.45) is 5.73 Å². The first-order valence-electron chi connectivity index (χ1n) is 5.97. The van der Waals surface area contributed by atoms with Gasteiger partial charge in [-0.2, -0.15) is 0 Å². The second kappa shape index (κ2) is 7.68. The topological polar surface area (TPSA) is 73.6 Å². The Morgan fingerprint density at radius 1 is 1.50 bits per heavy atom. The molecule has 0 aliphatic carbocycles. The van der Waals surface area contributed by atoms with Crippen molar-refractivity contribution in [1.29, 1.82) is 0 Å². The number of hydrogen-bond acceptors (Lipinski definition) is 4. The predicted octanol–water partition coefficient (Wildman–Crippen LogP) is 1.39. The van der Waals surface area contributed by atoms with Gasteiger partial charge < -0.3 is 20.5 Å². The molecule has 0 saturated carbocycles. The highest BCUT2D eigenvalue weighted by Crippen LogP contribution is 2.17. The van der Waals surface area contributed by atoms with E-state index in [0.717, 1.165) is 12.2 Å². The average Bonchev–Trinajstić information content (AvgIpc) is 2.38. The lowest BCUT2D eigenvalue weighted by Gasteiger charge is -2.13. The van der Waals surface area contributed by atoms with E-state index in [-0.39, 0.29) is 12.5 Å². The fourth-order valence-electron chi connectivity index (χ4n) is 1.42. The van der Waals surface area contributed by atoms with E-state index >= 15 is 0 Å². The van der Waals surface area contributed by atoms with Crippen molar-refractivity contribution in [2.75, 3.05) is 25.6 Å². The Labute approximate surface area is 107 Å². The van der Waals surface area contributed by atoms with Gasteiger partial charge in [-0.1, -0.05) is 13.0 Å². The number of benzene rings is 1. The number of nitrogens with two attached hydrogens (primary N) is 1. The molecule has 1 rings (SSSR count). The highest BCUT2D eigenvalue weighted by atomic mass is 16.5. The lowest BCUT2D eigenvalue weighted by atomic mass is 10.2. The standard InChI is InChI=1S/C13H20N2O3/c1-3-7-18-11-6-4-5-10(8-11)15-13(16)12(9-14)17-2/h4-6,8,12H,3,7,9,14H2,1-2H3,(H,15,16). The van der Waals surface area contributed by atoms with Gasteiger partial charge in [0.2, 0.25) is 0 Å². The highest BCUT2D eigenvalue weighted by Gasteiger charge is 2.15. The molecule has 18 heavy (non-hydrogen) atoms. The number of methoxy groups -OCH3 is 1. The zero-order valence-electron chi connectivity index (χ0n) is 10.8. The molecule has 1 atom stereocenters. The van der Waals surface area contributed by atoms with Gasteiger partial charge in [0.15, 0.2) is 0 Å². The summed E-state index contributed by atoms with van der Waals surface area (Å²) in [5, 5.41) is 2.74. The van der Waals surface area contributed by atoms with Crippen LogP contribution in [0.3, 0.4) is 0 Å². The largest absolute Gasteiger partial charge is 0.494 e. The molecule has 1 aromatic rings. The SMILES string of the molecule is CCCOc1cccc(NC(=O)C(CN)OC)c1. The Morgan fingerprint density at radius 3 is 2.89 bits per heavy atom. The van der Waals surface area contributed by atoms with Crippen LogP contribution in [-0.4, -0.2) is 32.3 Å². The van der Waals surface area contributed by atoms with Crippen LogP contribution in [0.1, 0.15) is 13.3 Å². The first-order valence-corrected chi connectivity index (χ1v) is 5.97. The summed E-state index contributed by atoms with van der Waals surface area (Å²) < 4.78 is 10.4. The van der Waals surface area contributed by atoms with E-state index < -0.39 is 6.10 Å². The summed E-state index contributed by atoms with van der Waals surface area (Å²) in [6, 6.07) is 7.24. The normalized spacial score (nSPS) is 11.9. The first-order chi connectivity index (χ1) is 8.71. The van der Waals surface area contributed by atoms with Crippen LogP contribution in [0.4, 0.5) is 5.69 Å². The Bertz CT molecular complexity index is 378. The fourth-order valence-corrected chi connectivity index (χ4v) is 1.42. The molecule has 0 aliphatic rings. The van der Waals surface area contributed by atoms with E-state index in [9.17, 15) is 4.79 Å². The summed E-state index contributed by atoms with van der Waals surface area (Å²) in [5.74, 6) is 0.476. The van der Waals surface area contributed by atoms with Crippen LogP contribution in [0, 0.1) is 0 Å². The minimum absolute atomic E-state index is 0.147. The molecule has 5 heteroatoms. The van der Waals surface area contributed by atoms with Crippen molar-refractivity contribution in [3.63, 3.8) is 0 Å². The van der Waals surface area contributed by atoms with Crippen LogP contribution in [0.15, 0.2) is 24.3 Å². The Kier molecular flexibility index (Phi) is 6.18. The van der Waals surface area contributed by atoms with Crippen molar-refractivity contribution in [3.8, 4) is 5.75 Å². The molecule has 0 heterocycles. The maximum Gasteiger partial charge on any atom is 0.254 e. The summed E-state index contributed by atoms with van der Waals surface area (Å²) in [4.78, 5) is 11.7. The maximum absolute atomic E-state index is 11.7. The van der Waals surface area contributed by atoms with Crippen LogP contribution in [0.2, 0.25) is 0 Å². The molecule has 0 bridgehead atoms. The third-order valence-electron chi connectivity index (χ3n) is 2.37. The number of nitrogens with one attached hydrogen (secondary N) is 1. The predicted molar refractivity (Wildman–Crippen MR) is 70.7 cm³/mol. The second-order valence-corrected chi connectivity index (χ2v) is 3.83. The molecule has 3 N–H and O–H groups in total. The number of hydrogen-bond donors (Lipinski definition) is 2. The van der Waals surface area contributed by atoms with E-state index in [2.05, 4.69) is 5.32 Å². The van der Waals surface area contributed by atoms with Crippen molar-refractivity contribution < 1.29 is 14.3 Å². The van der Waals surface area contributed by atoms with Crippen LogP contribution >= 0.6 is 0 Å². The first kappa shape index (κ1) is 14.5. The van der Waals surface area contributed by atoms with Gasteiger partial charge in [0.25, 0.3) is 5.91 Å². The molecule has 1 amide bonds. The molecule has 1 unspecified atom stereocenters. The zero-order valence-corrected chi connectivity index (χ0v) is 10.8. The molecular formula is C13H20N2O3. The number of amides is 1. The van der Waals surface area contributed by atoms with Gasteiger partial charge in [-0.15, -0.1) is 0 Å². The van der Waals surface area contributed by atoms with Crippen LogP contribution in [-0.2, 0) is 9.53 Å². The van der Waals surface area contributed by atoms with Crippen LogP contribution < -0.4 is 15.8 Å². The van der Waals surface area contributed by atoms with E-state index in [1.54, 1.807) is 12.1 Å². The molecule has 0 radical (unpaired) electrons. The molecule has 1 aromatic carbocycles. The molecule has 0 saturated heterocycles. The van der Waals surface area contributed by atoms with Crippen LogP contribution in [0.25, 0.3) is 0 Å². The molecule has 5 nitrogen and oxygen atoms in total. The smallest absolute Gasteiger partial charge is 0.254 e. The van der Waals surface area contributed by atoms with E-state index in [1.165, 1.54) is 7.11 Å². The van der Waals surface area contributed by atoms with Gasteiger partial charge in [0.1, 0.15) is 11.9 Å². The minimum atomic E-state index is -0.634. The third kappa shape index (κ3) is 4.35. The maximum atomic E-state index is 11.7. The second-order valence-electron chi connectivity index (χ2n) is 3.83. The zero-order chi connectivity index (χ0) is 13.4. The summed E-state index contributed by atoms with van der Waals surface area (Å²) in [6.07, 6.45) is 0.306. The summed E-state index contributed by atoms with van der Waals surface area (Å²) >= 11 is 0. The quantitative estimate of drug-likeness (QED) is 0.769. The number of carbonyl (C=O) groups is 1. The van der Waals surface area contributed by atoms with Gasteiger partial charge in [-0.05, 0) is 18.6 Å². The fraction of sp³-hybridized carbons (Fsp3) is 0.462. The number of rotatable bonds is 7. The molecular weight excluding hydrogens is 232 g/mol. The van der Waals surface area contributed by atoms with E-state index in [0.29, 0.717) is 12.3 Å². The number of anilines is 1. The molecule has 0 fully saturated rings. The molecule has 100 valence electrons. The Balaban J connectivity index is 2.63. The Hall–Kier alpha value is -1.59. The lowest BCUT2D eigenvalue weighted by molar-refractivity contribution is -0.125. The third-order valence-corrected chi connectivity index (χ3v) is 2.37.